The maximum atomic E-state index is 13.0. The van der Waals surface area contributed by atoms with E-state index in [0.717, 1.165) is 11.1 Å². The van der Waals surface area contributed by atoms with E-state index in [1.165, 1.54) is 0 Å². The number of ether oxygens (including phenoxy) is 2. The average Bonchev–Trinajstić information content (AvgIpc) is 2.96. The molecule has 1 heterocycles. The summed E-state index contributed by atoms with van der Waals surface area (Å²) in [6.07, 6.45) is -6.22. The third-order valence-electron chi connectivity index (χ3n) is 8.33. The largest absolute Gasteiger partial charge is 0.461 e. The van der Waals surface area contributed by atoms with Crippen LogP contribution >= 0.6 is 0 Å². The number of aliphatic hydroxyl groups is 5. The summed E-state index contributed by atoms with van der Waals surface area (Å²) in [5.74, 6) is 0.388. The number of hydrogen-bond acceptors (Lipinski definition) is 7. The van der Waals surface area contributed by atoms with Gasteiger partial charge >= 0.3 is 0 Å². The summed E-state index contributed by atoms with van der Waals surface area (Å²) in [7, 11) is 0. The predicted molar refractivity (Wildman–Crippen MR) is 159 cm³/mol. The van der Waals surface area contributed by atoms with Crippen LogP contribution in [-0.4, -0.2) is 61.0 Å². The first-order valence-corrected chi connectivity index (χ1v) is 14.1. The Hall–Kier alpha value is -3.56. The van der Waals surface area contributed by atoms with E-state index < -0.39 is 35.5 Å². The van der Waals surface area contributed by atoms with Crippen LogP contribution < -0.4 is 4.74 Å². The minimum atomic E-state index is -2.41. The van der Waals surface area contributed by atoms with Crippen molar-refractivity contribution in [2.75, 3.05) is 0 Å². The van der Waals surface area contributed by atoms with Crippen LogP contribution in [0.15, 0.2) is 109 Å². The van der Waals surface area contributed by atoms with E-state index in [-0.39, 0.29) is 19.3 Å². The van der Waals surface area contributed by atoms with Crippen molar-refractivity contribution in [3.05, 3.63) is 137 Å². The molecule has 1 saturated heterocycles. The Balaban J connectivity index is 1.73. The predicted octanol–water partition coefficient (Wildman–Crippen LogP) is 3.64. The van der Waals surface area contributed by atoms with Gasteiger partial charge in [0.25, 0.3) is 0 Å². The first kappa shape index (κ1) is 29.9. The average molecular weight is 571 g/mol. The molecule has 0 spiro atoms. The number of hydrogen-bond donors (Lipinski definition) is 5. The van der Waals surface area contributed by atoms with Gasteiger partial charge in [-0.15, -0.1) is 0 Å². The lowest BCUT2D eigenvalue weighted by Gasteiger charge is -2.61. The maximum absolute atomic E-state index is 13.0. The summed E-state index contributed by atoms with van der Waals surface area (Å²) in [6, 6.07) is 32.5. The lowest BCUT2D eigenvalue weighted by molar-refractivity contribution is -0.406. The van der Waals surface area contributed by atoms with Crippen molar-refractivity contribution in [2.24, 2.45) is 0 Å². The summed E-state index contributed by atoms with van der Waals surface area (Å²) in [5, 5.41) is 59.8. The van der Waals surface area contributed by atoms with Gasteiger partial charge in [0.15, 0.2) is 11.9 Å². The van der Waals surface area contributed by atoms with Crippen LogP contribution in [0.25, 0.3) is 0 Å². The van der Waals surface area contributed by atoms with Crippen LogP contribution in [0.3, 0.4) is 0 Å². The van der Waals surface area contributed by atoms with Crippen molar-refractivity contribution in [3.63, 3.8) is 0 Å². The molecular formula is C35H38O7. The van der Waals surface area contributed by atoms with Gasteiger partial charge in [-0.3, -0.25) is 0 Å². The second-order valence-corrected chi connectivity index (χ2v) is 11.4. The van der Waals surface area contributed by atoms with Gasteiger partial charge in [0, 0.05) is 19.3 Å². The van der Waals surface area contributed by atoms with E-state index in [1.54, 1.807) is 66.7 Å². The first-order valence-electron chi connectivity index (χ1n) is 14.1. The minimum absolute atomic E-state index is 0.169. The molecule has 0 radical (unpaired) electrons. The fraction of sp³-hybridized carbons (Fsp3) is 0.314. The molecule has 1 aliphatic rings. The van der Waals surface area contributed by atoms with Gasteiger partial charge in [0.1, 0.15) is 23.1 Å². The van der Waals surface area contributed by atoms with E-state index in [1.807, 2.05) is 56.3 Å². The molecule has 7 heteroatoms. The maximum Gasteiger partial charge on any atom is 0.232 e. The van der Waals surface area contributed by atoms with Crippen LogP contribution in [0.4, 0.5) is 0 Å². The molecule has 220 valence electrons. The highest BCUT2D eigenvalue weighted by molar-refractivity contribution is 5.37. The SMILES string of the molecule is Cc1ccc(OC2O[C@H](C(O)O)[C@](O)(Cc3ccccc3)[C@@](O)(Cc3ccccc3)[C@@]2(O)Cc2ccccc2)c(C)c1. The zero-order valence-corrected chi connectivity index (χ0v) is 23.8. The Morgan fingerprint density at radius 3 is 1.62 bits per heavy atom. The van der Waals surface area contributed by atoms with Gasteiger partial charge in [-0.2, -0.15) is 0 Å². The van der Waals surface area contributed by atoms with E-state index in [9.17, 15) is 25.5 Å². The molecule has 0 aromatic heterocycles. The Kier molecular flexibility index (Phi) is 8.53. The topological polar surface area (TPSA) is 120 Å². The Morgan fingerprint density at radius 1 is 0.667 bits per heavy atom. The molecule has 4 aromatic carbocycles. The summed E-state index contributed by atoms with van der Waals surface area (Å²) in [5.41, 5.74) is -3.42. The molecule has 0 saturated carbocycles. The highest BCUT2D eigenvalue weighted by atomic mass is 16.7. The van der Waals surface area contributed by atoms with Crippen molar-refractivity contribution in [3.8, 4) is 5.75 Å². The monoisotopic (exact) mass is 570 g/mol. The van der Waals surface area contributed by atoms with Gasteiger partial charge in [-0.05, 0) is 42.2 Å². The molecular weight excluding hydrogens is 532 g/mol. The van der Waals surface area contributed by atoms with Crippen molar-refractivity contribution in [1.29, 1.82) is 0 Å². The molecule has 1 aliphatic heterocycles. The first-order chi connectivity index (χ1) is 20.1. The molecule has 42 heavy (non-hydrogen) atoms. The highest BCUT2D eigenvalue weighted by Crippen LogP contribution is 2.50. The lowest BCUT2D eigenvalue weighted by Crippen LogP contribution is -2.83. The van der Waals surface area contributed by atoms with Crippen LogP contribution in [0.5, 0.6) is 5.75 Å². The zero-order chi connectivity index (χ0) is 30.0. The summed E-state index contributed by atoms with van der Waals surface area (Å²) in [4.78, 5) is 0. The van der Waals surface area contributed by atoms with E-state index >= 15 is 0 Å². The van der Waals surface area contributed by atoms with Crippen LogP contribution in [-0.2, 0) is 24.0 Å². The van der Waals surface area contributed by atoms with Gasteiger partial charge < -0.3 is 35.0 Å². The molecule has 5 atom stereocenters. The summed E-state index contributed by atoms with van der Waals surface area (Å²) in [6.45, 7) is 3.79. The molecule has 5 N–H and O–H groups in total. The van der Waals surface area contributed by atoms with E-state index in [0.29, 0.717) is 22.4 Å². The fourth-order valence-electron chi connectivity index (χ4n) is 6.14. The minimum Gasteiger partial charge on any atom is -0.461 e. The highest BCUT2D eigenvalue weighted by Gasteiger charge is 2.73. The smallest absolute Gasteiger partial charge is 0.232 e. The van der Waals surface area contributed by atoms with Gasteiger partial charge in [-0.25, -0.2) is 0 Å². The van der Waals surface area contributed by atoms with Crippen LogP contribution in [0.1, 0.15) is 27.8 Å². The van der Waals surface area contributed by atoms with Gasteiger partial charge in [-0.1, -0.05) is 109 Å². The molecule has 0 aliphatic carbocycles. The van der Waals surface area contributed by atoms with Crippen LogP contribution in [0, 0.1) is 13.8 Å². The van der Waals surface area contributed by atoms with Crippen molar-refractivity contribution in [1.82, 2.24) is 0 Å². The zero-order valence-electron chi connectivity index (χ0n) is 23.8. The van der Waals surface area contributed by atoms with Crippen LogP contribution in [0.2, 0.25) is 0 Å². The van der Waals surface area contributed by atoms with Gasteiger partial charge in [0.2, 0.25) is 6.29 Å². The second-order valence-electron chi connectivity index (χ2n) is 11.4. The molecule has 1 unspecified atom stereocenters. The number of aliphatic hydroxyl groups excluding tert-OH is 1. The summed E-state index contributed by atoms with van der Waals surface area (Å²) >= 11 is 0. The third kappa shape index (κ3) is 5.60. The van der Waals surface area contributed by atoms with E-state index in [2.05, 4.69) is 0 Å². The van der Waals surface area contributed by atoms with Crippen molar-refractivity contribution < 1.29 is 35.0 Å². The second kappa shape index (κ2) is 12.0. The summed E-state index contributed by atoms with van der Waals surface area (Å²) < 4.78 is 12.5. The fourth-order valence-corrected chi connectivity index (χ4v) is 6.14. The Labute approximate surface area is 246 Å². The standard InChI is InChI=1S/C35H38O7/c1-24-18-19-29(25(2)20-24)41-32-34(39,22-27-14-8-4-9-15-27)35(40,23-28-16-10-5-11-17-28)33(38,30(42-32)31(36)37)21-26-12-6-3-7-13-26/h3-20,30-32,36-40H,21-23H2,1-2H3/t30-,32?,33-,34-,35+/m1/s1. The Bertz CT molecular complexity index is 1460. The van der Waals surface area contributed by atoms with Crippen molar-refractivity contribution >= 4 is 0 Å². The Morgan fingerprint density at radius 2 is 1.14 bits per heavy atom. The normalized spacial score (nSPS) is 27.6. The molecule has 4 aromatic rings. The molecule has 0 amide bonds. The molecule has 7 nitrogen and oxygen atoms in total. The molecule has 0 bridgehead atoms. The van der Waals surface area contributed by atoms with Crippen molar-refractivity contribution in [2.45, 2.75) is 68.6 Å². The number of rotatable bonds is 9. The lowest BCUT2D eigenvalue weighted by atomic mass is 9.59. The van der Waals surface area contributed by atoms with E-state index in [4.69, 9.17) is 9.47 Å². The molecule has 1 fully saturated rings. The molecule has 5 rings (SSSR count). The third-order valence-corrected chi connectivity index (χ3v) is 8.33. The number of aryl methyl sites for hydroxylation is 2. The quantitative estimate of drug-likeness (QED) is 0.195. The number of benzene rings is 4. The van der Waals surface area contributed by atoms with Gasteiger partial charge in [0.05, 0.1) is 0 Å².